The van der Waals surface area contributed by atoms with Gasteiger partial charge in [0.05, 0.1) is 5.02 Å². The molecule has 0 aliphatic carbocycles. The fraction of sp³-hybridized carbons (Fsp3) is 0.625. The molecule has 0 spiro atoms. The quantitative estimate of drug-likeness (QED) is 0.713. The first-order chi connectivity index (χ1) is 9.88. The van der Waals surface area contributed by atoms with Gasteiger partial charge in [-0.25, -0.2) is 0 Å². The number of aliphatic hydroxyl groups excluding tert-OH is 1. The van der Waals surface area contributed by atoms with E-state index in [1.165, 1.54) is 6.42 Å². The van der Waals surface area contributed by atoms with Gasteiger partial charge in [0.2, 0.25) is 0 Å². The van der Waals surface area contributed by atoms with Gasteiger partial charge in [0.1, 0.15) is 18.5 Å². The van der Waals surface area contributed by atoms with E-state index < -0.39 is 6.10 Å². The third kappa shape index (κ3) is 7.91. The molecule has 2 unspecified atom stereocenters. The summed E-state index contributed by atoms with van der Waals surface area (Å²) >= 11 is 11.8. The zero-order valence-electron chi connectivity index (χ0n) is 12.9. The number of rotatable bonds is 9. The average molecular weight is 334 g/mol. The van der Waals surface area contributed by atoms with Crippen molar-refractivity contribution in [2.75, 3.05) is 13.2 Å². The van der Waals surface area contributed by atoms with Gasteiger partial charge < -0.3 is 15.2 Å². The van der Waals surface area contributed by atoms with Crippen LogP contribution in [0.1, 0.15) is 33.6 Å². The molecule has 1 rings (SSSR count). The van der Waals surface area contributed by atoms with Crippen LogP contribution >= 0.6 is 23.2 Å². The summed E-state index contributed by atoms with van der Waals surface area (Å²) in [5, 5.41) is 14.3. The number of halogens is 2. The predicted octanol–water partition coefficient (Wildman–Crippen LogP) is 4.15. The Balaban J connectivity index is 2.26. The molecule has 0 bridgehead atoms. The third-order valence-electron chi connectivity index (χ3n) is 3.20. The lowest BCUT2D eigenvalue weighted by atomic mass is 10.0. The van der Waals surface area contributed by atoms with Gasteiger partial charge >= 0.3 is 0 Å². The molecule has 120 valence electrons. The molecule has 2 N–H and O–H groups in total. The van der Waals surface area contributed by atoms with Gasteiger partial charge in [-0.3, -0.25) is 0 Å². The van der Waals surface area contributed by atoms with Crippen molar-refractivity contribution in [3.8, 4) is 5.75 Å². The topological polar surface area (TPSA) is 41.5 Å². The minimum absolute atomic E-state index is 0.200. The lowest BCUT2D eigenvalue weighted by Crippen LogP contribution is -2.36. The van der Waals surface area contributed by atoms with Gasteiger partial charge in [-0.05, 0) is 43.9 Å². The van der Waals surface area contributed by atoms with Crippen molar-refractivity contribution in [1.29, 1.82) is 0 Å². The summed E-state index contributed by atoms with van der Waals surface area (Å²) in [5.74, 6) is 1.24. The highest BCUT2D eigenvalue weighted by Crippen LogP contribution is 2.27. The fourth-order valence-corrected chi connectivity index (χ4v) is 2.32. The highest BCUT2D eigenvalue weighted by atomic mass is 35.5. The second-order valence-corrected chi connectivity index (χ2v) is 6.66. The molecule has 0 radical (unpaired) electrons. The number of aliphatic hydroxyl groups is 1. The summed E-state index contributed by atoms with van der Waals surface area (Å²) in [6.07, 6.45) is 1.72. The molecule has 0 aliphatic rings. The smallest absolute Gasteiger partial charge is 0.138 e. The Morgan fingerprint density at radius 3 is 2.52 bits per heavy atom. The van der Waals surface area contributed by atoms with Gasteiger partial charge in [-0.2, -0.15) is 0 Å². The molecule has 5 heteroatoms. The first kappa shape index (κ1) is 18.6. The Hall–Kier alpha value is -0.480. The first-order valence-electron chi connectivity index (χ1n) is 7.37. The van der Waals surface area contributed by atoms with Crippen molar-refractivity contribution in [1.82, 2.24) is 5.32 Å². The van der Waals surface area contributed by atoms with Crippen LogP contribution in [0, 0.1) is 5.92 Å². The molecule has 2 atom stereocenters. The molecule has 0 saturated heterocycles. The van der Waals surface area contributed by atoms with Crippen LogP contribution in [0.5, 0.6) is 5.75 Å². The van der Waals surface area contributed by atoms with Crippen LogP contribution < -0.4 is 10.1 Å². The molecule has 0 aromatic heterocycles. The van der Waals surface area contributed by atoms with Crippen LogP contribution in [-0.4, -0.2) is 30.4 Å². The number of nitrogens with one attached hydrogen (secondary N) is 1. The van der Waals surface area contributed by atoms with E-state index in [9.17, 15) is 5.11 Å². The van der Waals surface area contributed by atoms with E-state index in [4.69, 9.17) is 27.9 Å². The van der Waals surface area contributed by atoms with Crippen molar-refractivity contribution >= 4 is 23.2 Å². The van der Waals surface area contributed by atoms with Crippen molar-refractivity contribution in [2.24, 2.45) is 5.92 Å². The number of benzene rings is 1. The summed E-state index contributed by atoms with van der Waals surface area (Å²) in [6.45, 7) is 7.26. The molecule has 0 aliphatic heterocycles. The number of hydrogen-bond acceptors (Lipinski definition) is 3. The van der Waals surface area contributed by atoms with Crippen LogP contribution in [0.15, 0.2) is 18.2 Å². The minimum Gasteiger partial charge on any atom is -0.489 e. The zero-order chi connectivity index (χ0) is 15.8. The standard InChI is InChI=1S/C16H25Cl2NO2/c1-11(2)4-5-12(3)19-9-14(20)10-21-16-7-6-13(17)8-15(16)18/h6-8,11-12,14,19-20H,4-5,9-10H2,1-3H3. The van der Waals surface area contributed by atoms with Crippen LogP contribution in [0.4, 0.5) is 0 Å². The second-order valence-electron chi connectivity index (χ2n) is 5.82. The van der Waals surface area contributed by atoms with E-state index in [1.807, 2.05) is 0 Å². The maximum atomic E-state index is 9.93. The van der Waals surface area contributed by atoms with Gasteiger partial charge in [0.15, 0.2) is 0 Å². The SMILES string of the molecule is CC(C)CCC(C)NCC(O)COc1ccc(Cl)cc1Cl. The van der Waals surface area contributed by atoms with E-state index in [2.05, 4.69) is 26.1 Å². The van der Waals surface area contributed by atoms with E-state index in [1.54, 1.807) is 18.2 Å². The molecular formula is C16H25Cl2NO2. The van der Waals surface area contributed by atoms with E-state index in [-0.39, 0.29) is 6.61 Å². The van der Waals surface area contributed by atoms with Crippen molar-refractivity contribution in [3.05, 3.63) is 28.2 Å². The molecule has 0 heterocycles. The molecule has 3 nitrogen and oxygen atoms in total. The maximum absolute atomic E-state index is 9.93. The Morgan fingerprint density at radius 1 is 1.19 bits per heavy atom. The van der Waals surface area contributed by atoms with Crippen LogP contribution in [-0.2, 0) is 0 Å². The normalized spacial score (nSPS) is 14.2. The molecular weight excluding hydrogens is 309 g/mol. The highest BCUT2D eigenvalue weighted by Gasteiger charge is 2.10. The largest absolute Gasteiger partial charge is 0.489 e. The molecule has 21 heavy (non-hydrogen) atoms. The first-order valence-corrected chi connectivity index (χ1v) is 8.13. The van der Waals surface area contributed by atoms with E-state index >= 15 is 0 Å². The summed E-state index contributed by atoms with van der Waals surface area (Å²) in [4.78, 5) is 0. The van der Waals surface area contributed by atoms with Gasteiger partial charge in [-0.15, -0.1) is 0 Å². The van der Waals surface area contributed by atoms with Crippen molar-refractivity contribution < 1.29 is 9.84 Å². The molecule has 0 fully saturated rings. The Kier molecular flexibility index (Phi) is 8.42. The van der Waals surface area contributed by atoms with Crippen LogP contribution in [0.2, 0.25) is 10.0 Å². The van der Waals surface area contributed by atoms with Crippen molar-refractivity contribution in [2.45, 2.75) is 45.8 Å². The van der Waals surface area contributed by atoms with Gasteiger partial charge in [0.25, 0.3) is 0 Å². The molecule has 0 saturated carbocycles. The number of hydrogen-bond donors (Lipinski definition) is 2. The van der Waals surface area contributed by atoms with Gasteiger partial charge in [0, 0.05) is 17.6 Å². The lowest BCUT2D eigenvalue weighted by Gasteiger charge is -2.18. The predicted molar refractivity (Wildman–Crippen MR) is 89.5 cm³/mol. The fourth-order valence-electron chi connectivity index (χ4n) is 1.86. The second kappa shape index (κ2) is 9.52. The summed E-state index contributed by atoms with van der Waals surface area (Å²) < 4.78 is 5.50. The summed E-state index contributed by atoms with van der Waals surface area (Å²) in [6, 6.07) is 5.43. The summed E-state index contributed by atoms with van der Waals surface area (Å²) in [5.41, 5.74) is 0. The van der Waals surface area contributed by atoms with Crippen molar-refractivity contribution in [3.63, 3.8) is 0 Å². The molecule has 1 aromatic rings. The minimum atomic E-state index is -0.571. The highest BCUT2D eigenvalue weighted by molar-refractivity contribution is 6.35. The summed E-state index contributed by atoms with van der Waals surface area (Å²) in [7, 11) is 0. The monoisotopic (exact) mass is 333 g/mol. The Bertz CT molecular complexity index is 427. The van der Waals surface area contributed by atoms with Crippen LogP contribution in [0.25, 0.3) is 0 Å². The maximum Gasteiger partial charge on any atom is 0.138 e. The van der Waals surface area contributed by atoms with Crippen LogP contribution in [0.3, 0.4) is 0 Å². The van der Waals surface area contributed by atoms with E-state index in [0.717, 1.165) is 6.42 Å². The Labute approximate surface area is 137 Å². The molecule has 1 aromatic carbocycles. The zero-order valence-corrected chi connectivity index (χ0v) is 14.4. The van der Waals surface area contributed by atoms with Gasteiger partial charge in [-0.1, -0.05) is 37.0 Å². The van der Waals surface area contributed by atoms with E-state index in [0.29, 0.717) is 34.3 Å². The average Bonchev–Trinajstić information content (AvgIpc) is 2.41. The number of ether oxygens (including phenoxy) is 1. The molecule has 0 amide bonds. The Morgan fingerprint density at radius 2 is 1.90 bits per heavy atom. The lowest BCUT2D eigenvalue weighted by molar-refractivity contribution is 0.103. The third-order valence-corrected chi connectivity index (χ3v) is 3.73.